The van der Waals surface area contributed by atoms with Crippen LogP contribution < -0.4 is 14.8 Å². The van der Waals surface area contributed by atoms with Crippen LogP contribution >= 0.6 is 15.9 Å². The molecule has 0 fully saturated rings. The number of benzene rings is 1. The fraction of sp³-hybridized carbons (Fsp3) is 0.500. The summed E-state index contributed by atoms with van der Waals surface area (Å²) in [6.45, 7) is 6.47. The van der Waals surface area contributed by atoms with Gasteiger partial charge in [-0.1, -0.05) is 13.8 Å². The average Bonchev–Trinajstić information content (AvgIpc) is 2.37. The topological polar surface area (TPSA) is 47.6 Å². The van der Waals surface area contributed by atoms with Crippen LogP contribution in [0.2, 0.25) is 0 Å². The molecular weight excluding hydrogens is 310 g/mol. The molecular formula is C14H20BrNO3. The molecule has 0 aromatic heterocycles. The van der Waals surface area contributed by atoms with Gasteiger partial charge in [0.15, 0.2) is 6.10 Å². The van der Waals surface area contributed by atoms with Crippen LogP contribution in [0.4, 0.5) is 0 Å². The molecule has 1 amide bonds. The number of methoxy groups -OCH3 is 1. The summed E-state index contributed by atoms with van der Waals surface area (Å²) in [5, 5.41) is 2.84. The lowest BCUT2D eigenvalue weighted by Gasteiger charge is -2.16. The van der Waals surface area contributed by atoms with Crippen LogP contribution in [-0.4, -0.2) is 25.7 Å². The molecule has 0 bridgehead atoms. The first kappa shape index (κ1) is 15.8. The molecule has 1 aromatic carbocycles. The van der Waals surface area contributed by atoms with Gasteiger partial charge in [-0.05, 0) is 47.0 Å². The second-order valence-corrected chi connectivity index (χ2v) is 5.55. The molecule has 0 radical (unpaired) electrons. The first-order valence-corrected chi connectivity index (χ1v) is 7.01. The zero-order chi connectivity index (χ0) is 14.4. The number of nitrogens with one attached hydrogen (secondary N) is 1. The lowest BCUT2D eigenvalue weighted by atomic mass is 10.2. The Morgan fingerprint density at radius 2 is 2.05 bits per heavy atom. The Morgan fingerprint density at radius 3 is 2.58 bits per heavy atom. The molecule has 1 rings (SSSR count). The Kier molecular flexibility index (Phi) is 6.15. The maximum absolute atomic E-state index is 11.8. The van der Waals surface area contributed by atoms with Gasteiger partial charge in [0, 0.05) is 6.54 Å². The quantitative estimate of drug-likeness (QED) is 0.872. The number of carbonyl (C=O) groups excluding carboxylic acids is 1. The normalized spacial score (nSPS) is 12.1. The van der Waals surface area contributed by atoms with Gasteiger partial charge >= 0.3 is 0 Å². The molecule has 1 atom stereocenters. The average molecular weight is 330 g/mol. The molecule has 0 saturated heterocycles. The van der Waals surface area contributed by atoms with Crippen molar-refractivity contribution < 1.29 is 14.3 Å². The van der Waals surface area contributed by atoms with E-state index in [0.29, 0.717) is 18.2 Å². The van der Waals surface area contributed by atoms with Gasteiger partial charge in [-0.2, -0.15) is 0 Å². The van der Waals surface area contributed by atoms with E-state index in [1.807, 2.05) is 13.8 Å². The number of rotatable bonds is 6. The van der Waals surface area contributed by atoms with Crippen LogP contribution in [0.3, 0.4) is 0 Å². The monoisotopic (exact) mass is 329 g/mol. The highest BCUT2D eigenvalue weighted by Gasteiger charge is 2.16. The number of halogens is 1. The Labute approximate surface area is 122 Å². The predicted octanol–water partition coefficient (Wildman–Crippen LogP) is 3.00. The van der Waals surface area contributed by atoms with Gasteiger partial charge in [-0.3, -0.25) is 4.79 Å². The van der Waals surface area contributed by atoms with E-state index in [-0.39, 0.29) is 5.91 Å². The highest BCUT2D eigenvalue weighted by atomic mass is 79.9. The Hall–Kier alpha value is -1.23. The lowest BCUT2D eigenvalue weighted by molar-refractivity contribution is -0.127. The van der Waals surface area contributed by atoms with Gasteiger partial charge in [-0.15, -0.1) is 0 Å². The van der Waals surface area contributed by atoms with E-state index in [9.17, 15) is 4.79 Å². The van der Waals surface area contributed by atoms with Gasteiger partial charge in [-0.25, -0.2) is 0 Å². The summed E-state index contributed by atoms with van der Waals surface area (Å²) in [6, 6.07) is 5.36. The maximum Gasteiger partial charge on any atom is 0.260 e. The smallest absolute Gasteiger partial charge is 0.260 e. The van der Waals surface area contributed by atoms with Crippen molar-refractivity contribution in [2.75, 3.05) is 13.7 Å². The van der Waals surface area contributed by atoms with Crippen molar-refractivity contribution in [1.29, 1.82) is 0 Å². The number of ether oxygens (including phenoxy) is 2. The van der Waals surface area contributed by atoms with E-state index in [0.717, 1.165) is 10.2 Å². The molecule has 19 heavy (non-hydrogen) atoms. The summed E-state index contributed by atoms with van der Waals surface area (Å²) in [4.78, 5) is 11.8. The molecule has 1 N–H and O–H groups in total. The SMILES string of the molecule is COc1ccc(OC(C)C(=O)NCC(C)C)c(Br)c1. The summed E-state index contributed by atoms with van der Waals surface area (Å²) in [6.07, 6.45) is -0.538. The summed E-state index contributed by atoms with van der Waals surface area (Å²) in [5.74, 6) is 1.66. The number of amides is 1. The fourth-order valence-corrected chi connectivity index (χ4v) is 1.85. The molecule has 1 unspecified atom stereocenters. The second-order valence-electron chi connectivity index (χ2n) is 4.70. The predicted molar refractivity (Wildman–Crippen MR) is 78.6 cm³/mol. The van der Waals surface area contributed by atoms with Crippen molar-refractivity contribution in [3.05, 3.63) is 22.7 Å². The van der Waals surface area contributed by atoms with Crippen molar-refractivity contribution in [1.82, 2.24) is 5.32 Å². The first-order chi connectivity index (χ1) is 8.93. The standard InChI is InChI=1S/C14H20BrNO3/c1-9(2)8-16-14(17)10(3)19-13-6-5-11(18-4)7-12(13)15/h5-7,9-10H,8H2,1-4H3,(H,16,17). The number of hydrogen-bond donors (Lipinski definition) is 1. The van der Waals surface area contributed by atoms with Gasteiger partial charge in [0.25, 0.3) is 5.91 Å². The second kappa shape index (κ2) is 7.38. The van der Waals surface area contributed by atoms with Crippen LogP contribution in [0.1, 0.15) is 20.8 Å². The van der Waals surface area contributed by atoms with E-state index in [4.69, 9.17) is 9.47 Å². The summed E-state index contributed by atoms with van der Waals surface area (Å²) >= 11 is 3.39. The maximum atomic E-state index is 11.8. The zero-order valence-corrected chi connectivity index (χ0v) is 13.3. The van der Waals surface area contributed by atoms with E-state index >= 15 is 0 Å². The number of carbonyl (C=O) groups is 1. The van der Waals surface area contributed by atoms with Crippen molar-refractivity contribution >= 4 is 21.8 Å². The van der Waals surface area contributed by atoms with Gasteiger partial charge in [0.05, 0.1) is 11.6 Å². The third kappa shape index (κ3) is 5.11. The van der Waals surface area contributed by atoms with Gasteiger partial charge < -0.3 is 14.8 Å². The molecule has 0 saturated carbocycles. The molecule has 106 valence electrons. The van der Waals surface area contributed by atoms with E-state index < -0.39 is 6.10 Å². The minimum absolute atomic E-state index is 0.114. The summed E-state index contributed by atoms with van der Waals surface area (Å²) < 4.78 is 11.5. The molecule has 0 aliphatic carbocycles. The van der Waals surface area contributed by atoms with E-state index in [1.165, 1.54) is 0 Å². The number of hydrogen-bond acceptors (Lipinski definition) is 3. The Morgan fingerprint density at radius 1 is 1.37 bits per heavy atom. The molecule has 4 nitrogen and oxygen atoms in total. The van der Waals surface area contributed by atoms with Crippen molar-refractivity contribution in [2.24, 2.45) is 5.92 Å². The highest BCUT2D eigenvalue weighted by molar-refractivity contribution is 9.10. The minimum atomic E-state index is -0.538. The molecule has 0 heterocycles. The van der Waals surface area contributed by atoms with Crippen molar-refractivity contribution in [2.45, 2.75) is 26.9 Å². The highest BCUT2D eigenvalue weighted by Crippen LogP contribution is 2.29. The van der Waals surface area contributed by atoms with Crippen molar-refractivity contribution in [3.63, 3.8) is 0 Å². The largest absolute Gasteiger partial charge is 0.497 e. The molecule has 1 aromatic rings. The molecule has 0 aliphatic heterocycles. The van der Waals surface area contributed by atoms with Crippen LogP contribution in [0, 0.1) is 5.92 Å². The van der Waals surface area contributed by atoms with E-state index in [1.54, 1.807) is 32.2 Å². The summed E-state index contributed by atoms with van der Waals surface area (Å²) in [7, 11) is 1.60. The van der Waals surface area contributed by atoms with Gasteiger partial charge in [0.1, 0.15) is 11.5 Å². The van der Waals surface area contributed by atoms with Crippen LogP contribution in [0.15, 0.2) is 22.7 Å². The van der Waals surface area contributed by atoms with E-state index in [2.05, 4.69) is 21.2 Å². The third-order valence-corrected chi connectivity index (χ3v) is 3.12. The molecule has 0 spiro atoms. The lowest BCUT2D eigenvalue weighted by Crippen LogP contribution is -2.38. The minimum Gasteiger partial charge on any atom is -0.497 e. The molecule has 0 aliphatic rings. The van der Waals surface area contributed by atoms with Crippen LogP contribution in [-0.2, 0) is 4.79 Å². The third-order valence-electron chi connectivity index (χ3n) is 2.50. The van der Waals surface area contributed by atoms with Crippen LogP contribution in [0.5, 0.6) is 11.5 Å². The van der Waals surface area contributed by atoms with Crippen molar-refractivity contribution in [3.8, 4) is 11.5 Å². The summed E-state index contributed by atoms with van der Waals surface area (Å²) in [5.41, 5.74) is 0. The Balaban J connectivity index is 2.61. The molecule has 5 heteroatoms. The first-order valence-electron chi connectivity index (χ1n) is 6.22. The Bertz CT molecular complexity index is 435. The van der Waals surface area contributed by atoms with Gasteiger partial charge in [0.2, 0.25) is 0 Å². The zero-order valence-electron chi connectivity index (χ0n) is 11.7. The fourth-order valence-electron chi connectivity index (χ4n) is 1.40. The van der Waals surface area contributed by atoms with Crippen LogP contribution in [0.25, 0.3) is 0 Å².